The van der Waals surface area contributed by atoms with Gasteiger partial charge in [-0.1, -0.05) is 25.3 Å². The minimum atomic E-state index is 0.196. The lowest BCUT2D eigenvalue weighted by Crippen LogP contribution is -2.41. The van der Waals surface area contributed by atoms with Gasteiger partial charge in [0.05, 0.1) is 0 Å². The van der Waals surface area contributed by atoms with Crippen molar-refractivity contribution in [2.75, 3.05) is 20.1 Å². The van der Waals surface area contributed by atoms with Crippen LogP contribution in [0.25, 0.3) is 0 Å². The largest absolute Gasteiger partial charge is 0.355 e. The maximum Gasteiger partial charge on any atom is 0.220 e. The molecule has 0 saturated heterocycles. The van der Waals surface area contributed by atoms with Gasteiger partial charge in [-0.3, -0.25) is 4.79 Å². The molecular formula is C16H26N2OS. The molecule has 2 rings (SSSR count). The second-order valence-corrected chi connectivity index (χ2v) is 6.75. The van der Waals surface area contributed by atoms with Crippen molar-refractivity contribution in [2.45, 2.75) is 50.4 Å². The summed E-state index contributed by atoms with van der Waals surface area (Å²) in [7, 11) is 1.92. The minimum Gasteiger partial charge on any atom is -0.355 e. The van der Waals surface area contributed by atoms with Gasteiger partial charge in [0.1, 0.15) is 0 Å². The first-order valence-corrected chi connectivity index (χ1v) is 8.60. The molecule has 1 amide bonds. The Bertz CT molecular complexity index is 397. The van der Waals surface area contributed by atoms with E-state index in [1.54, 1.807) is 0 Å². The molecule has 0 aromatic carbocycles. The third-order valence-electron chi connectivity index (χ3n) is 4.31. The molecule has 1 aromatic rings. The summed E-state index contributed by atoms with van der Waals surface area (Å²) < 4.78 is 0. The molecule has 1 aliphatic rings. The van der Waals surface area contributed by atoms with E-state index in [2.05, 4.69) is 28.1 Å². The number of amides is 1. The first-order chi connectivity index (χ1) is 9.77. The molecule has 0 unspecified atom stereocenters. The van der Waals surface area contributed by atoms with Crippen molar-refractivity contribution in [3.8, 4) is 0 Å². The molecule has 0 atom stereocenters. The van der Waals surface area contributed by atoms with Crippen LogP contribution in [0.1, 0.15) is 49.8 Å². The molecule has 0 radical (unpaired) electrons. The van der Waals surface area contributed by atoms with Gasteiger partial charge in [0, 0.05) is 23.3 Å². The van der Waals surface area contributed by atoms with Crippen LogP contribution in [0.3, 0.4) is 0 Å². The van der Waals surface area contributed by atoms with Crippen molar-refractivity contribution in [3.05, 3.63) is 22.4 Å². The molecule has 0 aliphatic heterocycles. The fourth-order valence-corrected chi connectivity index (χ4v) is 4.09. The fourth-order valence-electron chi connectivity index (χ4n) is 3.10. The van der Waals surface area contributed by atoms with Gasteiger partial charge in [-0.05, 0) is 44.3 Å². The maximum absolute atomic E-state index is 11.9. The highest BCUT2D eigenvalue weighted by atomic mass is 32.1. The van der Waals surface area contributed by atoms with Crippen molar-refractivity contribution in [3.63, 3.8) is 0 Å². The quantitative estimate of drug-likeness (QED) is 0.759. The SMILES string of the molecule is CNCCCC(=O)NCC1(c2cccs2)CCCCC1. The second kappa shape index (κ2) is 7.79. The Morgan fingerprint density at radius 3 is 2.80 bits per heavy atom. The first kappa shape index (κ1) is 15.5. The summed E-state index contributed by atoms with van der Waals surface area (Å²) in [6.45, 7) is 1.72. The van der Waals surface area contributed by atoms with Crippen LogP contribution in [0, 0.1) is 0 Å². The molecule has 3 nitrogen and oxygen atoms in total. The lowest BCUT2D eigenvalue weighted by Gasteiger charge is -2.36. The average Bonchev–Trinajstić information content (AvgIpc) is 3.01. The number of hydrogen-bond donors (Lipinski definition) is 2. The lowest BCUT2D eigenvalue weighted by atomic mass is 9.73. The highest BCUT2D eigenvalue weighted by Gasteiger charge is 2.34. The van der Waals surface area contributed by atoms with Crippen LogP contribution in [0.15, 0.2) is 17.5 Å². The van der Waals surface area contributed by atoms with Crippen molar-refractivity contribution in [1.82, 2.24) is 10.6 Å². The van der Waals surface area contributed by atoms with E-state index in [1.165, 1.54) is 37.0 Å². The number of carbonyl (C=O) groups is 1. The van der Waals surface area contributed by atoms with Crippen LogP contribution in [0.5, 0.6) is 0 Å². The molecule has 0 spiro atoms. The summed E-state index contributed by atoms with van der Waals surface area (Å²) in [6.07, 6.45) is 7.87. The number of hydrogen-bond acceptors (Lipinski definition) is 3. The molecule has 20 heavy (non-hydrogen) atoms. The van der Waals surface area contributed by atoms with Gasteiger partial charge in [-0.2, -0.15) is 0 Å². The minimum absolute atomic E-state index is 0.196. The van der Waals surface area contributed by atoms with Gasteiger partial charge in [0.25, 0.3) is 0 Å². The van der Waals surface area contributed by atoms with Gasteiger partial charge >= 0.3 is 0 Å². The highest BCUT2D eigenvalue weighted by Crippen LogP contribution is 2.41. The molecule has 1 aliphatic carbocycles. The molecule has 1 fully saturated rings. The van der Waals surface area contributed by atoms with Crippen molar-refractivity contribution >= 4 is 17.2 Å². The van der Waals surface area contributed by atoms with E-state index in [1.807, 2.05) is 18.4 Å². The van der Waals surface area contributed by atoms with E-state index >= 15 is 0 Å². The molecule has 2 N–H and O–H groups in total. The van der Waals surface area contributed by atoms with E-state index in [0.29, 0.717) is 6.42 Å². The van der Waals surface area contributed by atoms with Crippen molar-refractivity contribution in [2.24, 2.45) is 0 Å². The zero-order chi connectivity index (χ0) is 14.3. The standard InChI is InChI=1S/C16H26N2OS/c1-17-11-5-8-15(19)18-13-16(9-3-2-4-10-16)14-7-6-12-20-14/h6-7,12,17H,2-5,8-11,13H2,1H3,(H,18,19). The Morgan fingerprint density at radius 2 is 2.15 bits per heavy atom. The van der Waals surface area contributed by atoms with Gasteiger partial charge in [0.15, 0.2) is 0 Å². The highest BCUT2D eigenvalue weighted by molar-refractivity contribution is 7.10. The molecule has 1 saturated carbocycles. The fraction of sp³-hybridized carbons (Fsp3) is 0.688. The molecule has 1 aromatic heterocycles. The predicted octanol–water partition coefficient (Wildman–Crippen LogP) is 3.07. The van der Waals surface area contributed by atoms with Gasteiger partial charge < -0.3 is 10.6 Å². The van der Waals surface area contributed by atoms with Crippen LogP contribution < -0.4 is 10.6 Å². The Hall–Kier alpha value is -0.870. The summed E-state index contributed by atoms with van der Waals surface area (Å²) in [5.41, 5.74) is 0.199. The van der Waals surface area contributed by atoms with E-state index < -0.39 is 0 Å². The van der Waals surface area contributed by atoms with Crippen molar-refractivity contribution in [1.29, 1.82) is 0 Å². The summed E-state index contributed by atoms with van der Waals surface area (Å²) in [4.78, 5) is 13.4. The lowest BCUT2D eigenvalue weighted by molar-refractivity contribution is -0.121. The van der Waals surface area contributed by atoms with E-state index in [9.17, 15) is 4.79 Å². The smallest absolute Gasteiger partial charge is 0.220 e. The number of nitrogens with one attached hydrogen (secondary N) is 2. The van der Waals surface area contributed by atoms with E-state index in [0.717, 1.165) is 19.5 Å². The Labute approximate surface area is 126 Å². The summed E-state index contributed by atoms with van der Waals surface area (Å²) >= 11 is 1.84. The topological polar surface area (TPSA) is 41.1 Å². The third kappa shape index (κ3) is 4.06. The van der Waals surface area contributed by atoms with E-state index in [-0.39, 0.29) is 11.3 Å². The van der Waals surface area contributed by atoms with Crippen molar-refractivity contribution < 1.29 is 4.79 Å². The van der Waals surface area contributed by atoms with Gasteiger partial charge in [0.2, 0.25) is 5.91 Å². The zero-order valence-corrected chi connectivity index (χ0v) is 13.2. The van der Waals surface area contributed by atoms with Crippen LogP contribution in [-0.4, -0.2) is 26.0 Å². The summed E-state index contributed by atoms with van der Waals surface area (Å²) in [6, 6.07) is 4.37. The molecule has 0 bridgehead atoms. The average molecular weight is 294 g/mol. The molecular weight excluding hydrogens is 268 g/mol. The summed E-state index contributed by atoms with van der Waals surface area (Å²) in [5.74, 6) is 0.196. The number of thiophene rings is 1. The normalized spacial score (nSPS) is 17.9. The number of carbonyl (C=O) groups excluding carboxylic acids is 1. The predicted molar refractivity (Wildman–Crippen MR) is 85.3 cm³/mol. The molecule has 1 heterocycles. The third-order valence-corrected chi connectivity index (χ3v) is 5.43. The maximum atomic E-state index is 11.9. The zero-order valence-electron chi connectivity index (χ0n) is 12.4. The summed E-state index contributed by atoms with van der Waals surface area (Å²) in [5, 5.41) is 8.41. The Morgan fingerprint density at radius 1 is 1.35 bits per heavy atom. The van der Waals surface area contributed by atoms with Gasteiger partial charge in [-0.25, -0.2) is 0 Å². The van der Waals surface area contributed by atoms with Crippen LogP contribution in [-0.2, 0) is 10.2 Å². The Balaban J connectivity index is 1.90. The Kier molecular flexibility index (Phi) is 6.05. The van der Waals surface area contributed by atoms with Crippen LogP contribution in [0.4, 0.5) is 0 Å². The number of rotatable bonds is 7. The van der Waals surface area contributed by atoms with Crippen LogP contribution in [0.2, 0.25) is 0 Å². The second-order valence-electron chi connectivity index (χ2n) is 5.80. The monoisotopic (exact) mass is 294 g/mol. The first-order valence-electron chi connectivity index (χ1n) is 7.72. The molecule has 4 heteroatoms. The van der Waals surface area contributed by atoms with E-state index in [4.69, 9.17) is 0 Å². The van der Waals surface area contributed by atoms with Crippen LogP contribution >= 0.6 is 11.3 Å². The molecule has 112 valence electrons. The van der Waals surface area contributed by atoms with Gasteiger partial charge in [-0.15, -0.1) is 11.3 Å².